The van der Waals surface area contributed by atoms with Crippen LogP contribution in [0.4, 0.5) is 4.79 Å². The van der Waals surface area contributed by atoms with E-state index in [9.17, 15) is 18.0 Å². The molecule has 0 aromatic heterocycles. The lowest BCUT2D eigenvalue weighted by atomic mass is 10.2. The predicted molar refractivity (Wildman–Crippen MR) is 80.4 cm³/mol. The molecule has 0 saturated carbocycles. The van der Waals surface area contributed by atoms with Gasteiger partial charge in [-0.15, -0.1) is 0 Å². The maximum atomic E-state index is 12.0. The van der Waals surface area contributed by atoms with Gasteiger partial charge in [0, 0.05) is 12.6 Å². The number of nitrogens with one attached hydrogen (secondary N) is 3. The first-order valence-electron chi connectivity index (χ1n) is 6.81. The van der Waals surface area contributed by atoms with Crippen molar-refractivity contribution in [1.29, 1.82) is 0 Å². The first-order valence-corrected chi connectivity index (χ1v) is 8.98. The Morgan fingerprint density at radius 3 is 2.76 bits per heavy atom. The largest absolute Gasteiger partial charge is 0.325 e. The van der Waals surface area contributed by atoms with E-state index in [0.717, 1.165) is 19.4 Å². The average Bonchev–Trinajstić information content (AvgIpc) is 2.94. The lowest BCUT2D eigenvalue weighted by molar-refractivity contribution is -0.119. The highest BCUT2D eigenvalue weighted by Crippen LogP contribution is 2.21. The summed E-state index contributed by atoms with van der Waals surface area (Å²) in [4.78, 5) is 24.5. The third-order valence-electron chi connectivity index (χ3n) is 3.69. The fourth-order valence-corrected chi connectivity index (χ4v) is 4.19. The minimum Gasteiger partial charge on any atom is -0.325 e. The van der Waals surface area contributed by atoms with Crippen molar-refractivity contribution in [2.75, 3.05) is 18.8 Å². The molecule has 2 aliphatic heterocycles. The molecular formula is C11H20N4O4S2. The summed E-state index contributed by atoms with van der Waals surface area (Å²) in [6.07, 6.45) is 1.92. The third-order valence-corrected chi connectivity index (χ3v) is 5.36. The number of rotatable bonds is 6. The van der Waals surface area contributed by atoms with Crippen molar-refractivity contribution in [2.45, 2.75) is 37.2 Å². The van der Waals surface area contributed by atoms with Crippen LogP contribution in [0.1, 0.15) is 19.8 Å². The number of carbonyl (C=O) groups excluding carboxylic acids is 2. The Bertz CT molecular complexity index is 522. The van der Waals surface area contributed by atoms with E-state index < -0.39 is 33.8 Å². The summed E-state index contributed by atoms with van der Waals surface area (Å²) in [7, 11) is -3.64. The van der Waals surface area contributed by atoms with Crippen molar-refractivity contribution in [3.8, 4) is 0 Å². The molecule has 0 spiro atoms. The molecule has 8 nitrogen and oxygen atoms in total. The highest BCUT2D eigenvalue weighted by molar-refractivity contribution is 7.89. The highest BCUT2D eigenvalue weighted by atomic mass is 32.2. The molecule has 3 N–H and O–H groups in total. The predicted octanol–water partition coefficient (Wildman–Crippen LogP) is -1.15. The molecule has 10 heteroatoms. The molecule has 120 valence electrons. The van der Waals surface area contributed by atoms with Gasteiger partial charge in [0.05, 0.1) is 11.1 Å². The van der Waals surface area contributed by atoms with Gasteiger partial charge in [0.2, 0.25) is 10.0 Å². The maximum Gasteiger partial charge on any atom is 0.322 e. The van der Waals surface area contributed by atoms with Crippen LogP contribution in [0, 0.1) is 0 Å². The Hall–Kier alpha value is -0.840. The molecule has 2 unspecified atom stereocenters. The van der Waals surface area contributed by atoms with Gasteiger partial charge in [0.25, 0.3) is 5.91 Å². The van der Waals surface area contributed by atoms with Gasteiger partial charge < -0.3 is 5.32 Å². The van der Waals surface area contributed by atoms with E-state index in [4.69, 9.17) is 0 Å². The monoisotopic (exact) mass is 336 g/mol. The standard InChI is InChI=1S/C11H20N4O4S2/c1-7(20)15-4-2-3-8(15)5-12-21(18,19)6-9-10(16)14-11(17)13-9/h7-9,12,20H,2-6H2,1H3,(H2,13,14,16,17)/t7?,8-,9?/m0/s1. The molecule has 2 rings (SSSR count). The Labute approximate surface area is 129 Å². The van der Waals surface area contributed by atoms with E-state index in [1.54, 1.807) is 0 Å². The van der Waals surface area contributed by atoms with E-state index in [2.05, 4.69) is 27.6 Å². The van der Waals surface area contributed by atoms with Crippen molar-refractivity contribution in [3.05, 3.63) is 0 Å². The first-order chi connectivity index (χ1) is 9.78. The van der Waals surface area contributed by atoms with Crippen LogP contribution < -0.4 is 15.4 Å². The van der Waals surface area contributed by atoms with Crippen molar-refractivity contribution in [3.63, 3.8) is 0 Å². The Kier molecular flexibility index (Phi) is 5.12. The number of thiol groups is 1. The van der Waals surface area contributed by atoms with Gasteiger partial charge in [-0.2, -0.15) is 12.6 Å². The molecule has 0 radical (unpaired) electrons. The molecule has 2 fully saturated rings. The number of likely N-dealkylation sites (tertiary alicyclic amines) is 1. The number of sulfonamides is 1. The van der Waals surface area contributed by atoms with Crippen LogP contribution in [-0.4, -0.2) is 61.6 Å². The maximum absolute atomic E-state index is 12.0. The lowest BCUT2D eigenvalue weighted by Gasteiger charge is -2.27. The Morgan fingerprint density at radius 2 is 2.19 bits per heavy atom. The quantitative estimate of drug-likeness (QED) is 0.362. The smallest absolute Gasteiger partial charge is 0.322 e. The minimum absolute atomic E-state index is 0.0712. The molecule has 2 saturated heterocycles. The summed E-state index contributed by atoms with van der Waals surface area (Å²) in [5.41, 5.74) is 0. The topological polar surface area (TPSA) is 108 Å². The SMILES string of the molecule is CC(S)N1CCC[C@H]1CNS(=O)(=O)CC1NC(=O)NC1=O. The fourth-order valence-electron chi connectivity index (χ4n) is 2.65. The molecule has 0 bridgehead atoms. The first kappa shape index (κ1) is 16.5. The number of hydrogen-bond donors (Lipinski definition) is 4. The zero-order valence-electron chi connectivity index (χ0n) is 11.7. The van der Waals surface area contributed by atoms with Gasteiger partial charge >= 0.3 is 6.03 Å². The normalized spacial score (nSPS) is 28.5. The number of imide groups is 1. The van der Waals surface area contributed by atoms with Crippen molar-refractivity contribution >= 4 is 34.6 Å². The van der Waals surface area contributed by atoms with Gasteiger partial charge in [-0.3, -0.25) is 15.0 Å². The van der Waals surface area contributed by atoms with Crippen LogP contribution in [-0.2, 0) is 14.8 Å². The molecule has 0 aliphatic carbocycles. The molecule has 0 aromatic carbocycles. The highest BCUT2D eigenvalue weighted by Gasteiger charge is 2.34. The Balaban J connectivity index is 1.87. The summed E-state index contributed by atoms with van der Waals surface area (Å²) in [5.74, 6) is -1.06. The van der Waals surface area contributed by atoms with Crippen LogP contribution in [0.2, 0.25) is 0 Å². The van der Waals surface area contributed by atoms with E-state index in [1.165, 1.54) is 0 Å². The molecular weight excluding hydrogens is 316 g/mol. The number of nitrogens with zero attached hydrogens (tertiary/aromatic N) is 1. The molecule has 0 aromatic rings. The van der Waals surface area contributed by atoms with Crippen molar-refractivity contribution in [1.82, 2.24) is 20.3 Å². The van der Waals surface area contributed by atoms with Crippen LogP contribution in [0.5, 0.6) is 0 Å². The summed E-state index contributed by atoms with van der Waals surface area (Å²) < 4.78 is 26.5. The van der Waals surface area contributed by atoms with Crippen LogP contribution in [0.15, 0.2) is 0 Å². The lowest BCUT2D eigenvalue weighted by Crippen LogP contribution is -2.46. The molecule has 3 atom stereocenters. The second kappa shape index (κ2) is 6.51. The van der Waals surface area contributed by atoms with E-state index in [1.807, 2.05) is 12.2 Å². The van der Waals surface area contributed by atoms with Gasteiger partial charge in [0.15, 0.2) is 0 Å². The third kappa shape index (κ3) is 4.31. The number of carbonyl (C=O) groups is 2. The average molecular weight is 336 g/mol. The van der Waals surface area contributed by atoms with E-state index in [0.29, 0.717) is 0 Å². The van der Waals surface area contributed by atoms with Crippen molar-refractivity contribution < 1.29 is 18.0 Å². The number of hydrogen-bond acceptors (Lipinski definition) is 6. The minimum atomic E-state index is -3.64. The summed E-state index contributed by atoms with van der Waals surface area (Å²) >= 11 is 4.38. The molecule has 2 aliphatic rings. The second-order valence-electron chi connectivity index (χ2n) is 5.31. The second-order valence-corrected chi connectivity index (χ2v) is 7.91. The van der Waals surface area contributed by atoms with Crippen LogP contribution >= 0.6 is 12.6 Å². The summed E-state index contributed by atoms with van der Waals surface area (Å²) in [6.45, 7) is 3.14. The van der Waals surface area contributed by atoms with E-state index in [-0.39, 0.29) is 18.0 Å². The fraction of sp³-hybridized carbons (Fsp3) is 0.818. The van der Waals surface area contributed by atoms with Crippen LogP contribution in [0.3, 0.4) is 0 Å². The number of amides is 3. The zero-order valence-corrected chi connectivity index (χ0v) is 13.4. The molecule has 2 heterocycles. The number of urea groups is 1. The molecule has 21 heavy (non-hydrogen) atoms. The zero-order chi connectivity index (χ0) is 15.6. The Morgan fingerprint density at radius 1 is 1.48 bits per heavy atom. The summed E-state index contributed by atoms with van der Waals surface area (Å²) in [6, 6.07) is -1.58. The van der Waals surface area contributed by atoms with Crippen LogP contribution in [0.25, 0.3) is 0 Å². The van der Waals surface area contributed by atoms with Crippen molar-refractivity contribution in [2.24, 2.45) is 0 Å². The van der Waals surface area contributed by atoms with Gasteiger partial charge in [-0.05, 0) is 26.3 Å². The van der Waals surface area contributed by atoms with Gasteiger partial charge in [0.1, 0.15) is 6.04 Å². The molecule has 3 amide bonds. The van der Waals surface area contributed by atoms with Gasteiger partial charge in [-0.1, -0.05) is 0 Å². The van der Waals surface area contributed by atoms with Gasteiger partial charge in [-0.25, -0.2) is 17.9 Å². The van der Waals surface area contributed by atoms with E-state index >= 15 is 0 Å². The summed E-state index contributed by atoms with van der Waals surface area (Å²) in [5, 5.41) is 4.35.